The average molecular weight is 643 g/mol. The van der Waals surface area contributed by atoms with Crippen LogP contribution in [0.1, 0.15) is 41.5 Å². The number of Topliss-reactive ketones (excluding diaryl/α,β-unsaturated/α-hetero) is 2. The van der Waals surface area contributed by atoms with Crippen molar-refractivity contribution >= 4 is 41.4 Å². The van der Waals surface area contributed by atoms with E-state index >= 15 is 0 Å². The maximum atomic E-state index is 12.6. The number of aromatic nitrogens is 2. The predicted molar refractivity (Wildman–Crippen MR) is 198 cm³/mol. The maximum Gasteiger partial charge on any atom is 0.262 e. The van der Waals surface area contributed by atoms with Gasteiger partial charge >= 0.3 is 0 Å². The number of aromatic amines is 1. The van der Waals surface area contributed by atoms with Gasteiger partial charge in [-0.25, -0.2) is 0 Å². The minimum absolute atomic E-state index is 0.208. The minimum atomic E-state index is -0.631. The number of benzene rings is 4. The van der Waals surface area contributed by atoms with Crippen molar-refractivity contribution < 1.29 is 9.59 Å². The van der Waals surface area contributed by atoms with Crippen molar-refractivity contribution in [2.24, 2.45) is 7.05 Å². The Morgan fingerprint density at radius 2 is 1.06 bits per heavy atom. The van der Waals surface area contributed by atoms with E-state index in [1.807, 2.05) is 109 Å². The highest BCUT2D eigenvalue weighted by Gasteiger charge is 2.20. The van der Waals surface area contributed by atoms with E-state index in [1.54, 1.807) is 11.6 Å². The van der Waals surface area contributed by atoms with E-state index in [9.17, 15) is 19.2 Å². The van der Waals surface area contributed by atoms with Crippen LogP contribution in [-0.2, 0) is 7.05 Å². The zero-order valence-electron chi connectivity index (χ0n) is 28.2. The first-order valence-corrected chi connectivity index (χ1v) is 19.5. The van der Waals surface area contributed by atoms with Crippen LogP contribution in [0.25, 0.3) is 44.1 Å². The number of nitrogens with one attached hydrogen (secondary N) is 1. The largest absolute Gasteiger partial charge is 0.321 e. The lowest BCUT2D eigenvalue weighted by atomic mass is 9.94. The molecule has 2 heterocycles. The fraction of sp³-hybridized carbons (Fsp3) is 0.200. The third kappa shape index (κ3) is 7.99. The molecular formula is C40H42N2O4Si. The first-order valence-electron chi connectivity index (χ1n) is 15.7. The normalized spacial score (nSPS) is 10.9. The summed E-state index contributed by atoms with van der Waals surface area (Å²) < 4.78 is 1.54. The van der Waals surface area contributed by atoms with Gasteiger partial charge in [-0.1, -0.05) is 130 Å². The molecule has 1 N–H and O–H groups in total. The molecule has 240 valence electrons. The standard InChI is InChI=1S/C18H15NO2.C17H13NO2.C5H14Si/c1-12(20)16-17(13-8-4-3-5-9-13)14-10-6-7-11-15(14)19(2)18(16)21;1-11(19)15-16(12-7-3-2-4-8-12)13-9-5-6-10-14(13)18-17(15)20;1-5-6(2,3)4/h3-11H,1-2H3;2-10H,1H3,(H,18,20);5H2,1-4H3. The first kappa shape index (κ1) is 34.7. The van der Waals surface area contributed by atoms with E-state index < -0.39 is 8.07 Å². The second kappa shape index (κ2) is 15.0. The number of ketones is 2. The van der Waals surface area contributed by atoms with E-state index in [0.717, 1.165) is 38.5 Å². The second-order valence-electron chi connectivity index (χ2n) is 12.6. The number of nitrogens with zero attached hydrogens (tertiary/aromatic N) is 1. The molecule has 0 unspecified atom stereocenters. The fourth-order valence-electron chi connectivity index (χ4n) is 5.21. The van der Waals surface area contributed by atoms with Crippen LogP contribution < -0.4 is 11.1 Å². The number of carbonyl (C=O) groups is 2. The SMILES string of the molecule is CC(=O)c1c(-c2ccccc2)c2ccccc2[nH]c1=O.CC(=O)c1c(-c2ccccc2)c2ccccc2n(C)c1=O.CC[Si](C)(C)C. The number of aryl methyl sites for hydroxylation is 1. The van der Waals surface area contributed by atoms with E-state index in [2.05, 4.69) is 31.5 Å². The molecule has 0 bridgehead atoms. The number of para-hydroxylation sites is 2. The third-order valence-corrected chi connectivity index (χ3v) is 10.2. The quantitative estimate of drug-likeness (QED) is 0.150. The summed E-state index contributed by atoms with van der Waals surface area (Å²) in [5, 5.41) is 1.79. The fourth-order valence-corrected chi connectivity index (χ4v) is 5.21. The van der Waals surface area contributed by atoms with Crippen molar-refractivity contribution in [2.75, 3.05) is 0 Å². The molecule has 0 aliphatic rings. The number of pyridine rings is 2. The van der Waals surface area contributed by atoms with Gasteiger partial charge in [0.1, 0.15) is 0 Å². The molecule has 7 heteroatoms. The van der Waals surface area contributed by atoms with Crippen molar-refractivity contribution in [1.29, 1.82) is 0 Å². The smallest absolute Gasteiger partial charge is 0.262 e. The van der Waals surface area contributed by atoms with Crippen LogP contribution in [0.15, 0.2) is 119 Å². The zero-order chi connectivity index (χ0) is 34.3. The molecule has 6 nitrogen and oxygen atoms in total. The van der Waals surface area contributed by atoms with Crippen LogP contribution in [0, 0.1) is 0 Å². The molecule has 0 radical (unpaired) electrons. The summed E-state index contributed by atoms with van der Waals surface area (Å²) in [6, 6.07) is 35.7. The Kier molecular flexibility index (Phi) is 11.1. The lowest BCUT2D eigenvalue weighted by Crippen LogP contribution is -2.25. The summed E-state index contributed by atoms with van der Waals surface area (Å²) in [7, 11) is 1.07. The molecule has 0 saturated carbocycles. The molecule has 0 aliphatic carbocycles. The van der Waals surface area contributed by atoms with Crippen molar-refractivity contribution in [3.63, 3.8) is 0 Å². The molecule has 47 heavy (non-hydrogen) atoms. The molecule has 6 aromatic rings. The summed E-state index contributed by atoms with van der Waals surface area (Å²) >= 11 is 0. The van der Waals surface area contributed by atoms with Gasteiger partial charge < -0.3 is 9.55 Å². The number of carbonyl (C=O) groups excluding carboxylic acids is 2. The molecule has 0 aliphatic heterocycles. The molecule has 6 rings (SSSR count). The Hall–Kier alpha value is -5.14. The van der Waals surface area contributed by atoms with Gasteiger partial charge in [-0.3, -0.25) is 19.2 Å². The molecule has 2 aromatic heterocycles. The van der Waals surface area contributed by atoms with Crippen molar-refractivity contribution in [3.05, 3.63) is 141 Å². The van der Waals surface area contributed by atoms with Crippen LogP contribution >= 0.6 is 0 Å². The molecular weight excluding hydrogens is 601 g/mol. The van der Waals surface area contributed by atoms with Gasteiger partial charge in [0.25, 0.3) is 11.1 Å². The lowest BCUT2D eigenvalue weighted by Gasteiger charge is -2.14. The molecule has 0 atom stereocenters. The maximum absolute atomic E-state index is 12.6. The van der Waals surface area contributed by atoms with E-state index in [1.165, 1.54) is 19.9 Å². The molecule has 0 fully saturated rings. The monoisotopic (exact) mass is 642 g/mol. The zero-order valence-corrected chi connectivity index (χ0v) is 29.2. The summed E-state index contributed by atoms with van der Waals surface area (Å²) in [5.74, 6) is -0.434. The number of fused-ring (bicyclic) bond motifs is 2. The molecule has 0 spiro atoms. The highest BCUT2D eigenvalue weighted by molar-refractivity contribution is 6.76. The predicted octanol–water partition coefficient (Wildman–Crippen LogP) is 9.15. The van der Waals surface area contributed by atoms with Gasteiger partial charge in [-0.05, 0) is 37.1 Å². The minimum Gasteiger partial charge on any atom is -0.321 e. The van der Waals surface area contributed by atoms with Crippen molar-refractivity contribution in [1.82, 2.24) is 9.55 Å². The van der Waals surface area contributed by atoms with Crippen LogP contribution in [0.4, 0.5) is 0 Å². The second-order valence-corrected chi connectivity index (χ2v) is 18.5. The number of hydrogen-bond donors (Lipinski definition) is 1. The highest BCUT2D eigenvalue weighted by Crippen LogP contribution is 2.31. The van der Waals surface area contributed by atoms with Crippen LogP contribution in [-0.4, -0.2) is 29.2 Å². The molecule has 4 aromatic carbocycles. The van der Waals surface area contributed by atoms with Crippen LogP contribution in [0.3, 0.4) is 0 Å². The number of rotatable bonds is 5. The lowest BCUT2D eigenvalue weighted by molar-refractivity contribution is 0.100. The number of hydrogen-bond acceptors (Lipinski definition) is 4. The Bertz CT molecular complexity index is 2160. The highest BCUT2D eigenvalue weighted by atomic mass is 28.3. The third-order valence-electron chi connectivity index (χ3n) is 8.11. The Morgan fingerprint density at radius 1 is 0.638 bits per heavy atom. The van der Waals surface area contributed by atoms with Gasteiger partial charge in [0, 0.05) is 42.5 Å². The van der Waals surface area contributed by atoms with Crippen molar-refractivity contribution in [2.45, 2.75) is 46.5 Å². The van der Waals surface area contributed by atoms with E-state index in [4.69, 9.17) is 0 Å². The van der Waals surface area contributed by atoms with Crippen LogP contribution in [0.2, 0.25) is 25.7 Å². The molecule has 0 saturated heterocycles. The summed E-state index contributed by atoms with van der Waals surface area (Å²) in [5.41, 5.74) is 4.64. The van der Waals surface area contributed by atoms with Gasteiger partial charge in [-0.2, -0.15) is 0 Å². The number of H-pyrrole nitrogens is 1. The van der Waals surface area contributed by atoms with Crippen molar-refractivity contribution in [3.8, 4) is 22.3 Å². The first-order chi connectivity index (χ1) is 22.4. The van der Waals surface area contributed by atoms with Gasteiger partial charge in [0.2, 0.25) is 0 Å². The Morgan fingerprint density at radius 3 is 1.55 bits per heavy atom. The van der Waals surface area contributed by atoms with E-state index in [-0.39, 0.29) is 33.8 Å². The summed E-state index contributed by atoms with van der Waals surface area (Å²) in [6.45, 7) is 12.3. The van der Waals surface area contributed by atoms with Crippen LogP contribution in [0.5, 0.6) is 0 Å². The van der Waals surface area contributed by atoms with Gasteiger partial charge in [-0.15, -0.1) is 0 Å². The Labute approximate surface area is 276 Å². The van der Waals surface area contributed by atoms with Gasteiger partial charge in [0.15, 0.2) is 11.6 Å². The van der Waals surface area contributed by atoms with Gasteiger partial charge in [0.05, 0.1) is 16.6 Å². The summed E-state index contributed by atoms with van der Waals surface area (Å²) in [4.78, 5) is 51.5. The average Bonchev–Trinajstić information content (AvgIpc) is 3.06. The summed E-state index contributed by atoms with van der Waals surface area (Å²) in [6.07, 6.45) is 0. The Balaban J connectivity index is 0.000000182. The van der Waals surface area contributed by atoms with E-state index in [0.29, 0.717) is 5.56 Å². The molecule has 0 amide bonds. The topological polar surface area (TPSA) is 89.0 Å².